The van der Waals surface area contributed by atoms with Gasteiger partial charge in [-0.3, -0.25) is 9.59 Å². The van der Waals surface area contributed by atoms with Crippen molar-refractivity contribution < 1.29 is 34.4 Å². The SMILES string of the molecule is C=CC(=O)OCCC(CC(=O)O)C(=O)O.CO. The number of rotatable bonds is 7. The highest BCUT2D eigenvalue weighted by Gasteiger charge is 2.20. The van der Waals surface area contributed by atoms with Crippen molar-refractivity contribution >= 4 is 17.9 Å². The van der Waals surface area contributed by atoms with Crippen LogP contribution in [0.3, 0.4) is 0 Å². The summed E-state index contributed by atoms with van der Waals surface area (Å²) in [6, 6.07) is 0. The van der Waals surface area contributed by atoms with Crippen LogP contribution in [0.25, 0.3) is 0 Å². The van der Waals surface area contributed by atoms with E-state index in [-0.39, 0.29) is 13.0 Å². The Balaban J connectivity index is 0. The maximum absolute atomic E-state index is 10.6. The Morgan fingerprint density at radius 2 is 1.82 bits per heavy atom. The van der Waals surface area contributed by atoms with E-state index in [4.69, 9.17) is 15.3 Å². The third-order valence-corrected chi connectivity index (χ3v) is 1.65. The van der Waals surface area contributed by atoms with E-state index in [0.29, 0.717) is 0 Å². The molecule has 0 bridgehead atoms. The van der Waals surface area contributed by atoms with Crippen molar-refractivity contribution in [3.05, 3.63) is 12.7 Å². The van der Waals surface area contributed by atoms with Gasteiger partial charge in [0.2, 0.25) is 0 Å². The van der Waals surface area contributed by atoms with Crippen LogP contribution in [0.2, 0.25) is 0 Å². The Bertz CT molecular complexity index is 272. The Hall–Kier alpha value is -1.89. The van der Waals surface area contributed by atoms with Gasteiger partial charge < -0.3 is 20.1 Å². The lowest BCUT2D eigenvalue weighted by molar-refractivity contribution is -0.150. The Morgan fingerprint density at radius 3 is 2.18 bits per heavy atom. The van der Waals surface area contributed by atoms with Gasteiger partial charge in [0.15, 0.2) is 0 Å². The molecule has 0 saturated heterocycles. The van der Waals surface area contributed by atoms with Crippen molar-refractivity contribution in [1.82, 2.24) is 0 Å². The summed E-state index contributed by atoms with van der Waals surface area (Å²) in [5.74, 6) is -4.11. The quantitative estimate of drug-likeness (QED) is 0.424. The topological polar surface area (TPSA) is 121 Å². The van der Waals surface area contributed by atoms with Gasteiger partial charge in [0.25, 0.3) is 0 Å². The largest absolute Gasteiger partial charge is 0.481 e. The van der Waals surface area contributed by atoms with Crippen LogP contribution in [0.1, 0.15) is 12.8 Å². The number of carboxylic acid groups (broad SMARTS) is 2. The van der Waals surface area contributed by atoms with Crippen LogP contribution in [-0.2, 0) is 19.1 Å². The maximum Gasteiger partial charge on any atom is 0.330 e. The molecule has 0 aliphatic rings. The number of aliphatic hydroxyl groups is 1. The molecular weight excluding hydrogens is 232 g/mol. The van der Waals surface area contributed by atoms with Crippen molar-refractivity contribution in [3.63, 3.8) is 0 Å². The van der Waals surface area contributed by atoms with E-state index in [1.54, 1.807) is 0 Å². The molecule has 7 nitrogen and oxygen atoms in total. The second kappa shape index (κ2) is 10.6. The first-order valence-corrected chi connectivity index (χ1v) is 4.66. The summed E-state index contributed by atoms with van der Waals surface area (Å²) in [6.45, 7) is 3.03. The lowest BCUT2D eigenvalue weighted by Crippen LogP contribution is -2.20. The summed E-state index contributed by atoms with van der Waals surface area (Å²) in [5, 5.41) is 24.0. The molecule has 17 heavy (non-hydrogen) atoms. The first kappa shape index (κ1) is 17.5. The predicted octanol–water partition coefficient (Wildman–Crippen LogP) is -0.110. The summed E-state index contributed by atoms with van der Waals surface area (Å²) in [4.78, 5) is 31.4. The van der Waals surface area contributed by atoms with Crippen LogP contribution in [0.4, 0.5) is 0 Å². The molecule has 0 aliphatic carbocycles. The Labute approximate surface area is 98.3 Å². The molecule has 3 N–H and O–H groups in total. The zero-order chi connectivity index (χ0) is 13.8. The number of aliphatic hydroxyl groups excluding tert-OH is 1. The normalized spacial score (nSPS) is 10.5. The zero-order valence-corrected chi connectivity index (χ0v) is 9.46. The fraction of sp³-hybridized carbons (Fsp3) is 0.500. The molecule has 0 fully saturated rings. The lowest BCUT2D eigenvalue weighted by Gasteiger charge is -2.08. The van der Waals surface area contributed by atoms with Gasteiger partial charge in [-0.15, -0.1) is 0 Å². The minimum atomic E-state index is -1.22. The summed E-state index contributed by atoms with van der Waals surface area (Å²) in [7, 11) is 1.00. The molecule has 0 aromatic heterocycles. The van der Waals surface area contributed by atoms with Crippen molar-refractivity contribution in [2.45, 2.75) is 12.8 Å². The van der Waals surface area contributed by atoms with Crippen LogP contribution >= 0.6 is 0 Å². The highest BCUT2D eigenvalue weighted by molar-refractivity contribution is 5.81. The monoisotopic (exact) mass is 248 g/mol. The molecule has 7 heteroatoms. The molecule has 0 radical (unpaired) electrons. The number of hydrogen-bond donors (Lipinski definition) is 3. The third kappa shape index (κ3) is 10.4. The molecule has 1 atom stereocenters. The van der Waals surface area contributed by atoms with Crippen molar-refractivity contribution in [3.8, 4) is 0 Å². The van der Waals surface area contributed by atoms with Gasteiger partial charge in [-0.1, -0.05) is 6.58 Å². The van der Waals surface area contributed by atoms with Crippen LogP contribution in [0.15, 0.2) is 12.7 Å². The molecule has 0 rings (SSSR count). The predicted molar refractivity (Wildman–Crippen MR) is 57.3 cm³/mol. The van der Waals surface area contributed by atoms with Crippen molar-refractivity contribution in [1.29, 1.82) is 0 Å². The molecule has 0 aromatic carbocycles. The molecule has 0 heterocycles. The number of ether oxygens (including phenoxy) is 1. The zero-order valence-electron chi connectivity index (χ0n) is 9.46. The molecule has 98 valence electrons. The summed E-state index contributed by atoms with van der Waals surface area (Å²) >= 11 is 0. The second-order valence-corrected chi connectivity index (χ2v) is 2.79. The highest BCUT2D eigenvalue weighted by atomic mass is 16.5. The Kier molecular flexibility index (Phi) is 10.9. The first-order valence-electron chi connectivity index (χ1n) is 4.66. The molecule has 0 aliphatic heterocycles. The first-order chi connectivity index (χ1) is 7.97. The summed E-state index contributed by atoms with van der Waals surface area (Å²) in [6.07, 6.45) is 0.440. The van der Waals surface area contributed by atoms with Gasteiger partial charge in [0, 0.05) is 13.2 Å². The molecule has 0 saturated carbocycles. The number of carboxylic acids is 2. The Morgan fingerprint density at radius 1 is 1.29 bits per heavy atom. The van der Waals surface area contributed by atoms with E-state index >= 15 is 0 Å². The van der Waals surface area contributed by atoms with E-state index < -0.39 is 30.2 Å². The molecule has 0 amide bonds. The van der Waals surface area contributed by atoms with E-state index in [1.807, 2.05) is 0 Å². The second-order valence-electron chi connectivity index (χ2n) is 2.79. The van der Waals surface area contributed by atoms with Gasteiger partial charge in [-0.25, -0.2) is 4.79 Å². The number of aliphatic carboxylic acids is 2. The van der Waals surface area contributed by atoms with E-state index in [9.17, 15) is 14.4 Å². The minimum Gasteiger partial charge on any atom is -0.481 e. The molecule has 1 unspecified atom stereocenters. The molecular formula is C10H16O7. The maximum atomic E-state index is 10.6. The number of carbonyl (C=O) groups excluding carboxylic acids is 1. The van der Waals surface area contributed by atoms with Gasteiger partial charge in [-0.05, 0) is 6.42 Å². The van der Waals surface area contributed by atoms with Gasteiger partial charge in [0.1, 0.15) is 0 Å². The summed E-state index contributed by atoms with van der Waals surface area (Å²) < 4.78 is 4.54. The van der Waals surface area contributed by atoms with Crippen molar-refractivity contribution in [2.24, 2.45) is 5.92 Å². The van der Waals surface area contributed by atoms with Gasteiger partial charge in [-0.2, -0.15) is 0 Å². The summed E-state index contributed by atoms with van der Waals surface area (Å²) in [5.41, 5.74) is 0. The fourth-order valence-electron chi connectivity index (χ4n) is 0.884. The molecule has 0 spiro atoms. The number of hydrogen-bond acceptors (Lipinski definition) is 5. The lowest BCUT2D eigenvalue weighted by atomic mass is 10.0. The number of carbonyl (C=O) groups is 3. The highest BCUT2D eigenvalue weighted by Crippen LogP contribution is 2.09. The van der Waals surface area contributed by atoms with E-state index in [2.05, 4.69) is 11.3 Å². The smallest absolute Gasteiger partial charge is 0.330 e. The van der Waals surface area contributed by atoms with E-state index in [0.717, 1.165) is 13.2 Å². The van der Waals surface area contributed by atoms with Crippen LogP contribution in [0, 0.1) is 5.92 Å². The van der Waals surface area contributed by atoms with Crippen LogP contribution in [-0.4, -0.2) is 46.9 Å². The standard InChI is InChI=1S/C9H12O6.CH4O/c1-2-8(12)15-4-3-6(9(13)14)5-7(10)11;1-2/h2,6H,1,3-5H2,(H,10,11)(H,13,14);2H,1H3. The van der Waals surface area contributed by atoms with Crippen molar-refractivity contribution in [2.75, 3.05) is 13.7 Å². The van der Waals surface area contributed by atoms with Gasteiger partial charge in [0.05, 0.1) is 18.9 Å². The minimum absolute atomic E-state index is 0.0266. The van der Waals surface area contributed by atoms with Crippen LogP contribution in [0.5, 0.6) is 0 Å². The molecule has 0 aromatic rings. The fourth-order valence-corrected chi connectivity index (χ4v) is 0.884. The van der Waals surface area contributed by atoms with E-state index in [1.165, 1.54) is 0 Å². The number of esters is 1. The van der Waals surface area contributed by atoms with Crippen LogP contribution < -0.4 is 0 Å². The average molecular weight is 248 g/mol. The third-order valence-electron chi connectivity index (χ3n) is 1.65. The van der Waals surface area contributed by atoms with Gasteiger partial charge >= 0.3 is 17.9 Å². The average Bonchev–Trinajstić information content (AvgIpc) is 2.29.